The fourth-order valence-electron chi connectivity index (χ4n) is 2.86. The minimum Gasteiger partial charge on any atom is -0.382 e. The van der Waals surface area contributed by atoms with Gasteiger partial charge in [0, 0.05) is 19.0 Å². The third kappa shape index (κ3) is 2.62. The van der Waals surface area contributed by atoms with E-state index < -0.39 is 0 Å². The highest BCUT2D eigenvalue weighted by atomic mass is 79.9. The second-order valence-corrected chi connectivity index (χ2v) is 6.45. The van der Waals surface area contributed by atoms with Crippen LogP contribution in [0.2, 0.25) is 0 Å². The normalized spacial score (nSPS) is 16.3. The largest absolute Gasteiger partial charge is 0.382 e. The number of nitrogens with zero attached hydrogens (tertiary/aromatic N) is 2. The molecular formula is C16H18BrN3O. The SMILES string of the molecule is Cn1ncc(NCC2(c3ccccc3)CCC2)c(Br)c1=O. The van der Waals surface area contributed by atoms with E-state index in [1.807, 2.05) is 6.07 Å². The summed E-state index contributed by atoms with van der Waals surface area (Å²) in [6, 6.07) is 10.6. The van der Waals surface area contributed by atoms with E-state index >= 15 is 0 Å². The number of aryl methyl sites for hydroxylation is 1. The van der Waals surface area contributed by atoms with Gasteiger partial charge in [-0.2, -0.15) is 5.10 Å². The first-order valence-electron chi connectivity index (χ1n) is 7.14. The summed E-state index contributed by atoms with van der Waals surface area (Å²) >= 11 is 3.36. The van der Waals surface area contributed by atoms with Crippen molar-refractivity contribution in [3.63, 3.8) is 0 Å². The first kappa shape index (κ1) is 14.3. The van der Waals surface area contributed by atoms with E-state index in [1.165, 1.54) is 29.5 Å². The Morgan fingerprint density at radius 1 is 1.33 bits per heavy atom. The van der Waals surface area contributed by atoms with Crippen LogP contribution in [0.1, 0.15) is 24.8 Å². The third-order valence-corrected chi connectivity index (χ3v) is 5.16. The minimum absolute atomic E-state index is 0.123. The van der Waals surface area contributed by atoms with E-state index in [0.29, 0.717) is 4.47 Å². The van der Waals surface area contributed by atoms with Crippen LogP contribution in [0.25, 0.3) is 0 Å². The second kappa shape index (κ2) is 5.64. The van der Waals surface area contributed by atoms with E-state index in [9.17, 15) is 4.79 Å². The zero-order chi connectivity index (χ0) is 14.9. The van der Waals surface area contributed by atoms with Crippen molar-refractivity contribution in [2.75, 3.05) is 11.9 Å². The molecule has 1 aliphatic rings. The lowest BCUT2D eigenvalue weighted by Crippen LogP contribution is -2.41. The quantitative estimate of drug-likeness (QED) is 0.924. The van der Waals surface area contributed by atoms with Crippen molar-refractivity contribution in [2.45, 2.75) is 24.7 Å². The van der Waals surface area contributed by atoms with Crippen LogP contribution >= 0.6 is 15.9 Å². The topological polar surface area (TPSA) is 46.9 Å². The Kier molecular flexibility index (Phi) is 3.85. The van der Waals surface area contributed by atoms with E-state index in [2.05, 4.69) is 50.6 Å². The predicted octanol–water partition coefficient (Wildman–Crippen LogP) is 3.08. The smallest absolute Gasteiger partial charge is 0.282 e. The highest BCUT2D eigenvalue weighted by molar-refractivity contribution is 9.10. The van der Waals surface area contributed by atoms with Crippen molar-refractivity contribution in [1.82, 2.24) is 9.78 Å². The van der Waals surface area contributed by atoms with E-state index in [-0.39, 0.29) is 11.0 Å². The molecule has 0 amide bonds. The van der Waals surface area contributed by atoms with E-state index in [1.54, 1.807) is 13.2 Å². The average molecular weight is 348 g/mol. The summed E-state index contributed by atoms with van der Waals surface area (Å²) in [4.78, 5) is 11.9. The Labute approximate surface area is 132 Å². The number of aromatic nitrogens is 2. The molecule has 1 saturated carbocycles. The number of benzene rings is 1. The Morgan fingerprint density at radius 2 is 2.05 bits per heavy atom. The standard InChI is InChI=1S/C16H18BrN3O/c1-20-15(21)14(17)13(10-19-20)18-11-16(8-5-9-16)12-6-3-2-4-7-12/h2-4,6-7,10,18H,5,8-9,11H2,1H3. The maximum atomic E-state index is 11.9. The lowest BCUT2D eigenvalue weighted by atomic mass is 9.64. The summed E-state index contributed by atoms with van der Waals surface area (Å²) in [6.45, 7) is 0.824. The Balaban J connectivity index is 1.81. The highest BCUT2D eigenvalue weighted by Gasteiger charge is 2.38. The number of halogens is 1. The number of hydrogen-bond donors (Lipinski definition) is 1. The summed E-state index contributed by atoms with van der Waals surface area (Å²) in [6.07, 6.45) is 5.31. The summed E-state index contributed by atoms with van der Waals surface area (Å²) in [5, 5.41) is 7.47. The second-order valence-electron chi connectivity index (χ2n) is 5.65. The fourth-order valence-corrected chi connectivity index (χ4v) is 3.36. The number of anilines is 1. The summed E-state index contributed by atoms with van der Waals surface area (Å²) in [5.41, 5.74) is 2.20. The fraction of sp³-hybridized carbons (Fsp3) is 0.375. The predicted molar refractivity (Wildman–Crippen MR) is 87.6 cm³/mol. The van der Waals surface area contributed by atoms with Gasteiger partial charge in [0.1, 0.15) is 4.47 Å². The number of hydrogen-bond acceptors (Lipinski definition) is 3. The van der Waals surface area contributed by atoms with Gasteiger partial charge in [-0.25, -0.2) is 4.68 Å². The van der Waals surface area contributed by atoms with Gasteiger partial charge in [0.25, 0.3) is 5.56 Å². The van der Waals surface area contributed by atoms with Crippen LogP contribution in [-0.4, -0.2) is 16.3 Å². The van der Waals surface area contributed by atoms with Crippen molar-refractivity contribution in [3.8, 4) is 0 Å². The first-order chi connectivity index (χ1) is 10.1. The zero-order valence-corrected chi connectivity index (χ0v) is 13.6. The molecule has 1 aromatic carbocycles. The van der Waals surface area contributed by atoms with Crippen LogP contribution in [0.3, 0.4) is 0 Å². The molecule has 1 aromatic heterocycles. The summed E-state index contributed by atoms with van der Waals surface area (Å²) in [5.74, 6) is 0. The minimum atomic E-state index is -0.123. The van der Waals surface area contributed by atoms with Gasteiger partial charge in [0.15, 0.2) is 0 Å². The molecule has 0 atom stereocenters. The number of rotatable bonds is 4. The van der Waals surface area contributed by atoms with Crippen LogP contribution in [0.5, 0.6) is 0 Å². The Bertz CT molecular complexity index is 692. The van der Waals surface area contributed by atoms with Crippen molar-refractivity contribution in [1.29, 1.82) is 0 Å². The third-order valence-electron chi connectivity index (χ3n) is 4.39. The molecule has 4 nitrogen and oxygen atoms in total. The zero-order valence-electron chi connectivity index (χ0n) is 12.0. The molecule has 5 heteroatoms. The molecule has 0 bridgehead atoms. The van der Waals surface area contributed by atoms with Crippen molar-refractivity contribution in [3.05, 3.63) is 56.9 Å². The lowest BCUT2D eigenvalue weighted by molar-refractivity contribution is 0.260. The molecule has 21 heavy (non-hydrogen) atoms. The van der Waals surface area contributed by atoms with Gasteiger partial charge in [0.2, 0.25) is 0 Å². The van der Waals surface area contributed by atoms with Gasteiger partial charge in [-0.15, -0.1) is 0 Å². The van der Waals surface area contributed by atoms with Gasteiger partial charge >= 0.3 is 0 Å². The highest BCUT2D eigenvalue weighted by Crippen LogP contribution is 2.43. The molecule has 0 unspecified atom stereocenters. The molecule has 1 aliphatic carbocycles. The van der Waals surface area contributed by atoms with Gasteiger partial charge in [-0.1, -0.05) is 36.8 Å². The van der Waals surface area contributed by atoms with Gasteiger partial charge in [-0.3, -0.25) is 4.79 Å². The monoisotopic (exact) mass is 347 g/mol. The molecular weight excluding hydrogens is 330 g/mol. The first-order valence-corrected chi connectivity index (χ1v) is 7.93. The Hall–Kier alpha value is -1.62. The molecule has 0 radical (unpaired) electrons. The van der Waals surface area contributed by atoms with E-state index in [0.717, 1.165) is 12.2 Å². The Morgan fingerprint density at radius 3 is 2.67 bits per heavy atom. The average Bonchev–Trinajstić information content (AvgIpc) is 2.47. The van der Waals surface area contributed by atoms with E-state index in [4.69, 9.17) is 0 Å². The van der Waals surface area contributed by atoms with Crippen molar-refractivity contribution >= 4 is 21.6 Å². The molecule has 0 saturated heterocycles. The molecule has 1 heterocycles. The molecule has 0 spiro atoms. The summed E-state index contributed by atoms with van der Waals surface area (Å²) in [7, 11) is 1.65. The van der Waals surface area contributed by atoms with Crippen molar-refractivity contribution in [2.24, 2.45) is 7.05 Å². The van der Waals surface area contributed by atoms with Crippen LogP contribution in [0, 0.1) is 0 Å². The molecule has 3 rings (SSSR count). The summed E-state index contributed by atoms with van der Waals surface area (Å²) < 4.78 is 1.87. The van der Waals surface area contributed by atoms with Gasteiger partial charge < -0.3 is 5.32 Å². The lowest BCUT2D eigenvalue weighted by Gasteiger charge is -2.43. The molecule has 2 aromatic rings. The molecule has 0 aliphatic heterocycles. The van der Waals surface area contributed by atoms with Gasteiger partial charge in [-0.05, 0) is 34.3 Å². The van der Waals surface area contributed by atoms with Crippen molar-refractivity contribution < 1.29 is 0 Å². The van der Waals surface area contributed by atoms with Gasteiger partial charge in [0.05, 0.1) is 11.9 Å². The maximum absolute atomic E-state index is 11.9. The van der Waals surface area contributed by atoms with Crippen LogP contribution in [-0.2, 0) is 12.5 Å². The molecule has 1 fully saturated rings. The maximum Gasteiger partial charge on any atom is 0.282 e. The molecule has 110 valence electrons. The van der Waals surface area contributed by atoms with Crippen LogP contribution in [0.15, 0.2) is 45.8 Å². The van der Waals surface area contributed by atoms with Crippen LogP contribution < -0.4 is 10.9 Å². The molecule has 1 N–H and O–H groups in total. The number of nitrogens with one attached hydrogen (secondary N) is 1. The van der Waals surface area contributed by atoms with Crippen LogP contribution in [0.4, 0.5) is 5.69 Å².